The van der Waals surface area contributed by atoms with Gasteiger partial charge in [0, 0.05) is 13.6 Å². The van der Waals surface area contributed by atoms with Crippen LogP contribution >= 0.6 is 0 Å². The second-order valence-corrected chi connectivity index (χ2v) is 4.36. The van der Waals surface area contributed by atoms with Gasteiger partial charge in [-0.2, -0.15) is 0 Å². The molecular formula is C14H21N3O4. The van der Waals surface area contributed by atoms with E-state index in [0.717, 1.165) is 5.56 Å². The quantitative estimate of drug-likeness (QED) is 0.716. The van der Waals surface area contributed by atoms with E-state index in [9.17, 15) is 9.59 Å². The van der Waals surface area contributed by atoms with E-state index in [4.69, 9.17) is 9.47 Å². The number of rotatable bonds is 6. The van der Waals surface area contributed by atoms with Crippen molar-refractivity contribution in [3.05, 3.63) is 23.8 Å². The molecule has 1 aromatic rings. The minimum atomic E-state index is -0.528. The molecule has 0 aliphatic heterocycles. The molecule has 7 nitrogen and oxygen atoms in total. The Kier molecular flexibility index (Phi) is 6.48. The second-order valence-electron chi connectivity index (χ2n) is 4.36. The van der Waals surface area contributed by atoms with E-state index in [1.807, 2.05) is 12.1 Å². The van der Waals surface area contributed by atoms with Crippen molar-refractivity contribution >= 4 is 11.9 Å². The van der Waals surface area contributed by atoms with Crippen LogP contribution in [0, 0.1) is 0 Å². The van der Waals surface area contributed by atoms with Crippen LogP contribution in [0.5, 0.6) is 11.5 Å². The molecule has 0 aromatic heterocycles. The van der Waals surface area contributed by atoms with Gasteiger partial charge in [-0.3, -0.25) is 10.1 Å². The van der Waals surface area contributed by atoms with Crippen LogP contribution in [0.2, 0.25) is 0 Å². The smallest absolute Gasteiger partial charge is 0.321 e. The molecule has 1 atom stereocenters. The number of amides is 3. The van der Waals surface area contributed by atoms with Gasteiger partial charge >= 0.3 is 6.03 Å². The number of hydrogen-bond acceptors (Lipinski definition) is 5. The van der Waals surface area contributed by atoms with Gasteiger partial charge in [-0.05, 0) is 24.6 Å². The van der Waals surface area contributed by atoms with Crippen molar-refractivity contribution in [3.8, 4) is 11.5 Å². The minimum absolute atomic E-state index is 0.394. The molecule has 0 aliphatic carbocycles. The number of nitrogens with one attached hydrogen (secondary N) is 3. The zero-order valence-corrected chi connectivity index (χ0v) is 12.6. The van der Waals surface area contributed by atoms with E-state index in [2.05, 4.69) is 16.0 Å². The van der Waals surface area contributed by atoms with Gasteiger partial charge in [0.15, 0.2) is 11.5 Å². The Morgan fingerprint density at radius 3 is 2.43 bits per heavy atom. The number of benzene rings is 1. The van der Waals surface area contributed by atoms with Gasteiger partial charge < -0.3 is 20.1 Å². The number of urea groups is 1. The molecular weight excluding hydrogens is 274 g/mol. The molecule has 0 fully saturated rings. The molecule has 3 N–H and O–H groups in total. The molecule has 0 aliphatic rings. The minimum Gasteiger partial charge on any atom is -0.493 e. The number of hydrogen-bond donors (Lipinski definition) is 3. The van der Waals surface area contributed by atoms with Crippen molar-refractivity contribution in [2.45, 2.75) is 19.5 Å². The van der Waals surface area contributed by atoms with Crippen LogP contribution in [-0.2, 0) is 11.3 Å². The van der Waals surface area contributed by atoms with Crippen molar-refractivity contribution in [1.29, 1.82) is 0 Å². The maximum Gasteiger partial charge on any atom is 0.321 e. The van der Waals surface area contributed by atoms with E-state index in [1.165, 1.54) is 7.05 Å². The summed E-state index contributed by atoms with van der Waals surface area (Å²) in [5.74, 6) is 0.876. The lowest BCUT2D eigenvalue weighted by molar-refractivity contribution is -0.121. The maximum atomic E-state index is 11.7. The van der Waals surface area contributed by atoms with Gasteiger partial charge in [0.05, 0.1) is 20.3 Å². The number of carbonyl (C=O) groups excluding carboxylic acids is 2. The molecule has 1 aromatic carbocycles. The predicted octanol–water partition coefficient (Wildman–Crippen LogP) is 0.637. The van der Waals surface area contributed by atoms with Crippen molar-refractivity contribution in [2.75, 3.05) is 21.3 Å². The molecule has 21 heavy (non-hydrogen) atoms. The first-order chi connectivity index (χ1) is 10.0. The second kappa shape index (κ2) is 8.11. The molecule has 0 saturated carbocycles. The van der Waals surface area contributed by atoms with E-state index in [-0.39, 0.29) is 0 Å². The number of methoxy groups -OCH3 is 2. The highest BCUT2D eigenvalue weighted by atomic mass is 16.5. The lowest BCUT2D eigenvalue weighted by Gasteiger charge is -2.14. The first-order valence-corrected chi connectivity index (χ1v) is 6.48. The first-order valence-electron chi connectivity index (χ1n) is 6.48. The molecule has 0 bridgehead atoms. The van der Waals surface area contributed by atoms with Crippen LogP contribution in [0.1, 0.15) is 12.5 Å². The van der Waals surface area contributed by atoms with Gasteiger partial charge in [-0.1, -0.05) is 6.07 Å². The maximum absolute atomic E-state index is 11.7. The Bertz CT molecular complexity index is 505. The monoisotopic (exact) mass is 295 g/mol. The van der Waals surface area contributed by atoms with Crippen molar-refractivity contribution < 1.29 is 19.1 Å². The summed E-state index contributed by atoms with van der Waals surface area (Å²) in [5, 5.41) is 7.56. The van der Waals surface area contributed by atoms with Crippen LogP contribution in [0.25, 0.3) is 0 Å². The van der Waals surface area contributed by atoms with Crippen molar-refractivity contribution in [3.63, 3.8) is 0 Å². The topological polar surface area (TPSA) is 88.7 Å². The van der Waals surface area contributed by atoms with E-state index < -0.39 is 18.0 Å². The summed E-state index contributed by atoms with van der Waals surface area (Å²) in [6, 6.07) is 4.47. The van der Waals surface area contributed by atoms with Crippen molar-refractivity contribution in [2.24, 2.45) is 0 Å². The Hall–Kier alpha value is -2.28. The largest absolute Gasteiger partial charge is 0.493 e. The fraction of sp³-hybridized carbons (Fsp3) is 0.429. The fourth-order valence-electron chi connectivity index (χ4n) is 1.64. The van der Waals surface area contributed by atoms with Crippen LogP contribution in [0.4, 0.5) is 4.79 Å². The zero-order chi connectivity index (χ0) is 15.8. The third kappa shape index (κ3) is 4.96. The molecule has 0 radical (unpaired) electrons. The van der Waals surface area contributed by atoms with E-state index >= 15 is 0 Å². The van der Waals surface area contributed by atoms with Crippen LogP contribution < -0.4 is 25.4 Å². The molecule has 0 spiro atoms. The molecule has 1 unspecified atom stereocenters. The average Bonchev–Trinajstić information content (AvgIpc) is 2.51. The van der Waals surface area contributed by atoms with E-state index in [1.54, 1.807) is 27.2 Å². The summed E-state index contributed by atoms with van der Waals surface area (Å²) in [6.45, 7) is 2.14. The molecule has 0 heterocycles. The van der Waals surface area contributed by atoms with Gasteiger partial charge in [-0.15, -0.1) is 0 Å². The number of carbonyl (C=O) groups is 2. The fourth-order valence-corrected chi connectivity index (χ4v) is 1.64. The van der Waals surface area contributed by atoms with Crippen LogP contribution in [0.3, 0.4) is 0 Å². The first kappa shape index (κ1) is 16.8. The Balaban J connectivity index is 2.58. The average molecular weight is 295 g/mol. The van der Waals surface area contributed by atoms with Crippen LogP contribution in [0.15, 0.2) is 18.2 Å². The molecule has 7 heteroatoms. The summed E-state index contributed by atoms with van der Waals surface area (Å²) in [4.78, 5) is 22.7. The standard InChI is InChI=1S/C14H21N3O4/c1-9(13(18)17-14(19)15-2)16-8-10-5-6-11(20-3)12(7-10)21-4/h5-7,9,16H,8H2,1-4H3,(H2,15,17,18,19). The Labute approximate surface area is 124 Å². The summed E-state index contributed by atoms with van der Waals surface area (Å²) in [6.07, 6.45) is 0. The van der Waals surface area contributed by atoms with Crippen molar-refractivity contribution in [1.82, 2.24) is 16.0 Å². The number of imide groups is 1. The summed E-state index contributed by atoms with van der Waals surface area (Å²) in [5.41, 5.74) is 0.937. The van der Waals surface area contributed by atoms with Gasteiger partial charge in [0.2, 0.25) is 5.91 Å². The Morgan fingerprint density at radius 2 is 1.86 bits per heavy atom. The van der Waals surface area contributed by atoms with Gasteiger partial charge in [0.1, 0.15) is 0 Å². The summed E-state index contributed by atoms with van der Waals surface area (Å²) < 4.78 is 10.4. The lowest BCUT2D eigenvalue weighted by Crippen LogP contribution is -2.47. The molecule has 3 amide bonds. The molecule has 1 rings (SSSR count). The normalized spacial score (nSPS) is 11.4. The third-order valence-electron chi connectivity index (χ3n) is 2.92. The molecule has 116 valence electrons. The predicted molar refractivity (Wildman–Crippen MR) is 78.4 cm³/mol. The SMILES string of the molecule is CNC(=O)NC(=O)C(C)NCc1ccc(OC)c(OC)c1. The molecule has 0 saturated heterocycles. The van der Waals surface area contributed by atoms with E-state index in [0.29, 0.717) is 18.0 Å². The highest BCUT2D eigenvalue weighted by Crippen LogP contribution is 2.27. The lowest BCUT2D eigenvalue weighted by atomic mass is 10.2. The zero-order valence-electron chi connectivity index (χ0n) is 12.6. The van der Waals surface area contributed by atoms with Gasteiger partial charge in [0.25, 0.3) is 0 Å². The highest BCUT2D eigenvalue weighted by molar-refractivity contribution is 5.96. The number of ether oxygens (including phenoxy) is 2. The highest BCUT2D eigenvalue weighted by Gasteiger charge is 2.14. The summed E-state index contributed by atoms with van der Waals surface area (Å²) >= 11 is 0. The summed E-state index contributed by atoms with van der Waals surface area (Å²) in [7, 11) is 4.58. The van der Waals surface area contributed by atoms with Gasteiger partial charge in [-0.25, -0.2) is 4.79 Å². The van der Waals surface area contributed by atoms with Crippen LogP contribution in [-0.4, -0.2) is 39.2 Å². The third-order valence-corrected chi connectivity index (χ3v) is 2.92. The Morgan fingerprint density at radius 1 is 1.19 bits per heavy atom.